The standard InChI is InChI=1S/C7H8.C5H12O.C4H8O/c1-7-5-3-2-4-6-7;1-5(2,3)6-4;1-2-4-5-3-1/h2-6H,1H3;1-4H3;1-4H2. The SMILES string of the molecule is C1CCOC1.COC(C)(C)C.Cc1ccccc1. The van der Waals surface area contributed by atoms with Crippen molar-refractivity contribution in [1.29, 1.82) is 0 Å². The molecular formula is C16H28O2. The van der Waals surface area contributed by atoms with E-state index in [0.29, 0.717) is 0 Å². The van der Waals surface area contributed by atoms with Gasteiger partial charge in [-0.2, -0.15) is 0 Å². The van der Waals surface area contributed by atoms with E-state index in [9.17, 15) is 0 Å². The normalized spacial score (nSPS) is 14.1. The minimum Gasteiger partial charge on any atom is -0.381 e. The first-order valence-corrected chi connectivity index (χ1v) is 6.60. The Labute approximate surface area is 112 Å². The second-order valence-corrected chi connectivity index (χ2v) is 5.29. The first-order valence-electron chi connectivity index (χ1n) is 6.60. The van der Waals surface area contributed by atoms with Crippen molar-refractivity contribution in [3.05, 3.63) is 35.9 Å². The number of methoxy groups -OCH3 is 1. The number of hydrogen-bond acceptors (Lipinski definition) is 2. The van der Waals surface area contributed by atoms with Crippen LogP contribution in [0.25, 0.3) is 0 Å². The van der Waals surface area contributed by atoms with E-state index in [1.165, 1.54) is 18.4 Å². The van der Waals surface area contributed by atoms with Crippen molar-refractivity contribution >= 4 is 0 Å². The lowest BCUT2D eigenvalue weighted by molar-refractivity contribution is 0.0397. The molecule has 0 bridgehead atoms. The fraction of sp³-hybridized carbons (Fsp3) is 0.625. The molecule has 0 aromatic heterocycles. The summed E-state index contributed by atoms with van der Waals surface area (Å²) in [5, 5.41) is 0. The van der Waals surface area contributed by atoms with Gasteiger partial charge < -0.3 is 9.47 Å². The minimum atomic E-state index is 0.0417. The number of hydrogen-bond donors (Lipinski definition) is 0. The molecule has 1 aromatic rings. The average Bonchev–Trinajstić information content (AvgIpc) is 2.88. The Morgan fingerprint density at radius 1 is 1.00 bits per heavy atom. The van der Waals surface area contributed by atoms with Crippen LogP contribution in [0.4, 0.5) is 0 Å². The quantitative estimate of drug-likeness (QED) is 0.688. The molecule has 18 heavy (non-hydrogen) atoms. The fourth-order valence-electron chi connectivity index (χ4n) is 1.04. The number of benzene rings is 1. The monoisotopic (exact) mass is 252 g/mol. The average molecular weight is 252 g/mol. The van der Waals surface area contributed by atoms with Gasteiger partial charge in [0.2, 0.25) is 0 Å². The molecule has 1 fully saturated rings. The molecule has 0 radical (unpaired) electrons. The third kappa shape index (κ3) is 13.2. The van der Waals surface area contributed by atoms with Gasteiger partial charge in [0.15, 0.2) is 0 Å². The Kier molecular flexibility index (Phi) is 9.62. The zero-order valence-electron chi connectivity index (χ0n) is 12.5. The Balaban J connectivity index is 0.000000244. The van der Waals surface area contributed by atoms with Crippen molar-refractivity contribution in [3.8, 4) is 0 Å². The Morgan fingerprint density at radius 3 is 1.61 bits per heavy atom. The van der Waals surface area contributed by atoms with Gasteiger partial charge in [-0.05, 0) is 40.5 Å². The third-order valence-corrected chi connectivity index (χ3v) is 2.38. The summed E-state index contributed by atoms with van der Waals surface area (Å²) >= 11 is 0. The Bertz CT molecular complexity index is 263. The lowest BCUT2D eigenvalue weighted by atomic mass is 10.2. The highest BCUT2D eigenvalue weighted by Gasteiger charge is 2.04. The lowest BCUT2D eigenvalue weighted by Crippen LogP contribution is -2.15. The zero-order chi connectivity index (χ0) is 13.9. The van der Waals surface area contributed by atoms with Crippen molar-refractivity contribution in [1.82, 2.24) is 0 Å². The molecule has 1 heterocycles. The molecule has 0 aliphatic carbocycles. The molecule has 1 aromatic carbocycles. The molecule has 1 saturated heterocycles. The van der Waals surface area contributed by atoms with Crippen LogP contribution in [-0.2, 0) is 9.47 Å². The molecule has 0 unspecified atom stereocenters. The predicted molar refractivity (Wildman–Crippen MR) is 78.0 cm³/mol. The first kappa shape index (κ1) is 17.1. The predicted octanol–water partition coefficient (Wildman–Crippen LogP) is 4.22. The Hall–Kier alpha value is -0.860. The van der Waals surface area contributed by atoms with E-state index in [2.05, 4.69) is 19.1 Å². The molecular weight excluding hydrogens is 224 g/mol. The molecule has 2 heteroatoms. The van der Waals surface area contributed by atoms with Gasteiger partial charge in [0.05, 0.1) is 5.60 Å². The summed E-state index contributed by atoms with van der Waals surface area (Å²) in [6.07, 6.45) is 2.56. The molecule has 104 valence electrons. The van der Waals surface area contributed by atoms with Gasteiger partial charge in [-0.3, -0.25) is 0 Å². The van der Waals surface area contributed by atoms with E-state index in [1.807, 2.05) is 39.0 Å². The number of ether oxygens (including phenoxy) is 2. The van der Waals surface area contributed by atoms with Crippen LogP contribution in [-0.4, -0.2) is 25.9 Å². The van der Waals surface area contributed by atoms with Crippen LogP contribution in [0.1, 0.15) is 39.2 Å². The van der Waals surface area contributed by atoms with Crippen LogP contribution in [0.3, 0.4) is 0 Å². The summed E-state index contributed by atoms with van der Waals surface area (Å²) in [7, 11) is 1.71. The highest BCUT2D eigenvalue weighted by Crippen LogP contribution is 2.02. The number of aryl methyl sites for hydroxylation is 1. The molecule has 0 saturated carbocycles. The fourth-order valence-corrected chi connectivity index (χ4v) is 1.04. The largest absolute Gasteiger partial charge is 0.381 e. The van der Waals surface area contributed by atoms with E-state index in [-0.39, 0.29) is 5.60 Å². The Morgan fingerprint density at radius 2 is 1.44 bits per heavy atom. The van der Waals surface area contributed by atoms with Crippen molar-refractivity contribution in [3.63, 3.8) is 0 Å². The van der Waals surface area contributed by atoms with E-state index in [0.717, 1.165) is 13.2 Å². The zero-order valence-corrected chi connectivity index (χ0v) is 12.5. The summed E-state index contributed by atoms with van der Waals surface area (Å²) < 4.78 is 9.88. The maximum absolute atomic E-state index is 4.94. The van der Waals surface area contributed by atoms with E-state index in [1.54, 1.807) is 7.11 Å². The molecule has 0 atom stereocenters. The van der Waals surface area contributed by atoms with Gasteiger partial charge in [-0.25, -0.2) is 0 Å². The highest BCUT2D eigenvalue weighted by atomic mass is 16.5. The summed E-state index contributed by atoms with van der Waals surface area (Å²) in [5.74, 6) is 0. The van der Waals surface area contributed by atoms with Gasteiger partial charge in [-0.15, -0.1) is 0 Å². The van der Waals surface area contributed by atoms with Crippen LogP contribution >= 0.6 is 0 Å². The maximum atomic E-state index is 4.94. The van der Waals surface area contributed by atoms with Crippen LogP contribution in [0.15, 0.2) is 30.3 Å². The molecule has 1 aliphatic rings. The second-order valence-electron chi connectivity index (χ2n) is 5.29. The lowest BCUT2D eigenvalue weighted by Gasteiger charge is -2.14. The van der Waals surface area contributed by atoms with Gasteiger partial charge >= 0.3 is 0 Å². The van der Waals surface area contributed by atoms with Crippen molar-refractivity contribution in [2.24, 2.45) is 0 Å². The molecule has 0 amide bonds. The van der Waals surface area contributed by atoms with Gasteiger partial charge in [-0.1, -0.05) is 35.9 Å². The van der Waals surface area contributed by atoms with Gasteiger partial charge in [0.25, 0.3) is 0 Å². The third-order valence-electron chi connectivity index (χ3n) is 2.38. The van der Waals surface area contributed by atoms with Crippen molar-refractivity contribution in [2.75, 3.05) is 20.3 Å². The van der Waals surface area contributed by atoms with Crippen molar-refractivity contribution in [2.45, 2.75) is 46.1 Å². The maximum Gasteiger partial charge on any atom is 0.0594 e. The smallest absolute Gasteiger partial charge is 0.0594 e. The highest BCUT2D eigenvalue weighted by molar-refractivity contribution is 5.11. The number of rotatable bonds is 0. The van der Waals surface area contributed by atoms with Gasteiger partial charge in [0.1, 0.15) is 0 Å². The molecule has 2 nitrogen and oxygen atoms in total. The summed E-state index contributed by atoms with van der Waals surface area (Å²) in [6, 6.07) is 10.3. The van der Waals surface area contributed by atoms with Crippen molar-refractivity contribution < 1.29 is 9.47 Å². The van der Waals surface area contributed by atoms with E-state index in [4.69, 9.17) is 9.47 Å². The van der Waals surface area contributed by atoms with E-state index < -0.39 is 0 Å². The van der Waals surface area contributed by atoms with E-state index >= 15 is 0 Å². The summed E-state index contributed by atoms with van der Waals surface area (Å²) in [6.45, 7) is 10.1. The second kappa shape index (κ2) is 10.1. The van der Waals surface area contributed by atoms with Crippen LogP contribution in [0, 0.1) is 6.92 Å². The van der Waals surface area contributed by atoms with Crippen LogP contribution in [0.2, 0.25) is 0 Å². The first-order chi connectivity index (χ1) is 8.45. The molecule has 2 rings (SSSR count). The molecule has 1 aliphatic heterocycles. The topological polar surface area (TPSA) is 18.5 Å². The summed E-state index contributed by atoms with van der Waals surface area (Å²) in [4.78, 5) is 0. The van der Waals surface area contributed by atoms with Crippen LogP contribution in [0.5, 0.6) is 0 Å². The van der Waals surface area contributed by atoms with Gasteiger partial charge in [0, 0.05) is 20.3 Å². The molecule has 0 N–H and O–H groups in total. The minimum absolute atomic E-state index is 0.0417. The summed E-state index contributed by atoms with van der Waals surface area (Å²) in [5.41, 5.74) is 1.36. The van der Waals surface area contributed by atoms with Crippen LogP contribution < -0.4 is 0 Å². The molecule has 0 spiro atoms.